The van der Waals surface area contributed by atoms with E-state index >= 15 is 0 Å². The number of nitrogens with one attached hydrogen (secondary N) is 2. The molecule has 1 saturated carbocycles. The zero-order valence-electron chi connectivity index (χ0n) is 11.9. The lowest BCUT2D eigenvalue weighted by molar-refractivity contribution is -0.139. The van der Waals surface area contributed by atoms with E-state index in [4.69, 9.17) is 5.11 Å². The van der Waals surface area contributed by atoms with E-state index < -0.39 is 18.0 Å². The van der Waals surface area contributed by atoms with Crippen molar-refractivity contribution in [2.45, 2.75) is 32.2 Å². The molecule has 21 heavy (non-hydrogen) atoms. The van der Waals surface area contributed by atoms with Gasteiger partial charge in [0.05, 0.1) is 0 Å². The highest BCUT2D eigenvalue weighted by Crippen LogP contribution is 2.32. The minimum absolute atomic E-state index is 0.0487. The minimum Gasteiger partial charge on any atom is -0.480 e. The molecule has 0 heterocycles. The van der Waals surface area contributed by atoms with Crippen LogP contribution in [0.25, 0.3) is 0 Å². The van der Waals surface area contributed by atoms with Crippen LogP contribution in [0.3, 0.4) is 0 Å². The van der Waals surface area contributed by atoms with Crippen LogP contribution in [0.5, 0.6) is 0 Å². The van der Waals surface area contributed by atoms with Gasteiger partial charge < -0.3 is 15.7 Å². The topological polar surface area (TPSA) is 78.4 Å². The van der Waals surface area contributed by atoms with Gasteiger partial charge in [-0.1, -0.05) is 6.07 Å². The lowest BCUT2D eigenvalue weighted by Crippen LogP contribution is -2.47. The molecule has 5 nitrogen and oxygen atoms in total. The van der Waals surface area contributed by atoms with Crippen molar-refractivity contribution < 1.29 is 19.1 Å². The van der Waals surface area contributed by atoms with Crippen molar-refractivity contribution in [3.8, 4) is 0 Å². The average molecular weight is 294 g/mol. The van der Waals surface area contributed by atoms with Crippen molar-refractivity contribution in [1.29, 1.82) is 0 Å². The van der Waals surface area contributed by atoms with Crippen LogP contribution >= 0.6 is 0 Å². The third kappa shape index (κ3) is 4.44. The summed E-state index contributed by atoms with van der Waals surface area (Å²) >= 11 is 0. The van der Waals surface area contributed by atoms with Gasteiger partial charge in [-0.15, -0.1) is 0 Å². The molecule has 1 fully saturated rings. The van der Waals surface area contributed by atoms with E-state index in [2.05, 4.69) is 10.6 Å². The number of aryl methyl sites for hydroxylation is 1. The molecule has 1 aromatic carbocycles. The number of benzene rings is 1. The second kappa shape index (κ2) is 6.56. The van der Waals surface area contributed by atoms with E-state index in [1.807, 2.05) is 6.92 Å². The summed E-state index contributed by atoms with van der Waals surface area (Å²) in [5.74, 6) is -1.23. The molecular formula is C15H19FN2O3. The van der Waals surface area contributed by atoms with Gasteiger partial charge in [-0.05, 0) is 55.4 Å². The molecule has 1 unspecified atom stereocenters. The SMILES string of the molecule is Cc1cc(F)ccc1CCNC(=O)NC(C(=O)O)C1CC1. The zero-order chi connectivity index (χ0) is 15.4. The Morgan fingerprint density at radius 2 is 2.14 bits per heavy atom. The number of hydrogen-bond donors (Lipinski definition) is 3. The number of carboxylic acid groups (broad SMARTS) is 1. The van der Waals surface area contributed by atoms with Crippen LogP contribution in [0.2, 0.25) is 0 Å². The molecule has 0 saturated heterocycles. The average Bonchev–Trinajstić information content (AvgIpc) is 3.22. The van der Waals surface area contributed by atoms with Crippen LogP contribution in [0.15, 0.2) is 18.2 Å². The molecule has 114 valence electrons. The maximum Gasteiger partial charge on any atom is 0.326 e. The lowest BCUT2D eigenvalue weighted by Gasteiger charge is -2.14. The normalized spacial score (nSPS) is 15.3. The Labute approximate surface area is 122 Å². The molecule has 1 atom stereocenters. The molecule has 0 aromatic heterocycles. The number of amides is 2. The third-order valence-electron chi connectivity index (χ3n) is 3.63. The minimum atomic E-state index is -0.998. The Morgan fingerprint density at radius 1 is 1.43 bits per heavy atom. The number of carbonyl (C=O) groups excluding carboxylic acids is 1. The Hall–Kier alpha value is -2.11. The highest BCUT2D eigenvalue weighted by molar-refractivity contribution is 5.83. The number of rotatable bonds is 6. The molecule has 3 N–H and O–H groups in total. The number of carboxylic acids is 1. The van der Waals surface area contributed by atoms with Crippen molar-refractivity contribution in [1.82, 2.24) is 10.6 Å². The van der Waals surface area contributed by atoms with Gasteiger partial charge in [-0.3, -0.25) is 0 Å². The van der Waals surface area contributed by atoms with E-state index in [9.17, 15) is 14.0 Å². The van der Waals surface area contributed by atoms with Crippen molar-refractivity contribution in [3.63, 3.8) is 0 Å². The monoisotopic (exact) mass is 294 g/mol. The molecular weight excluding hydrogens is 275 g/mol. The predicted octanol–water partition coefficient (Wildman–Crippen LogP) is 1.84. The third-order valence-corrected chi connectivity index (χ3v) is 3.63. The Morgan fingerprint density at radius 3 is 2.71 bits per heavy atom. The van der Waals surface area contributed by atoms with Gasteiger partial charge in [0.15, 0.2) is 0 Å². The molecule has 0 bridgehead atoms. The molecule has 1 aromatic rings. The fourth-order valence-corrected chi connectivity index (χ4v) is 2.25. The van der Waals surface area contributed by atoms with Crippen molar-refractivity contribution in [3.05, 3.63) is 35.1 Å². The van der Waals surface area contributed by atoms with E-state index in [0.29, 0.717) is 13.0 Å². The summed E-state index contributed by atoms with van der Waals surface area (Å²) in [7, 11) is 0. The van der Waals surface area contributed by atoms with E-state index in [-0.39, 0.29) is 11.7 Å². The number of halogens is 1. The fraction of sp³-hybridized carbons (Fsp3) is 0.467. The van der Waals surface area contributed by atoms with Crippen LogP contribution in [-0.4, -0.2) is 29.7 Å². The highest BCUT2D eigenvalue weighted by atomic mass is 19.1. The molecule has 1 aliphatic rings. The quantitative estimate of drug-likeness (QED) is 0.749. The summed E-state index contributed by atoms with van der Waals surface area (Å²) in [6.45, 7) is 2.18. The molecule has 0 spiro atoms. The van der Waals surface area contributed by atoms with Crippen molar-refractivity contribution in [2.24, 2.45) is 5.92 Å². The zero-order valence-corrected chi connectivity index (χ0v) is 11.9. The van der Waals surface area contributed by atoms with Gasteiger partial charge in [0.2, 0.25) is 0 Å². The van der Waals surface area contributed by atoms with Crippen LogP contribution in [0, 0.1) is 18.7 Å². The molecule has 2 amide bonds. The second-order valence-electron chi connectivity index (χ2n) is 5.37. The smallest absolute Gasteiger partial charge is 0.326 e. The molecule has 0 aliphatic heterocycles. The molecule has 2 rings (SSSR count). The number of aliphatic carboxylic acids is 1. The number of hydrogen-bond acceptors (Lipinski definition) is 2. The Balaban J connectivity index is 1.77. The first-order chi connectivity index (χ1) is 9.97. The fourth-order valence-electron chi connectivity index (χ4n) is 2.25. The van der Waals surface area contributed by atoms with Crippen LogP contribution in [0.1, 0.15) is 24.0 Å². The van der Waals surface area contributed by atoms with Crippen LogP contribution < -0.4 is 10.6 Å². The maximum atomic E-state index is 13.0. The standard InChI is InChI=1S/C15H19FN2O3/c1-9-8-12(16)5-4-10(9)6-7-17-15(21)18-13(14(19)20)11-2-3-11/h4-5,8,11,13H,2-3,6-7H2,1H3,(H,19,20)(H2,17,18,21). The summed E-state index contributed by atoms with van der Waals surface area (Å²) < 4.78 is 13.0. The van der Waals surface area contributed by atoms with E-state index in [0.717, 1.165) is 24.0 Å². The van der Waals surface area contributed by atoms with Gasteiger partial charge >= 0.3 is 12.0 Å². The number of urea groups is 1. The first-order valence-electron chi connectivity index (χ1n) is 6.99. The second-order valence-corrected chi connectivity index (χ2v) is 5.37. The summed E-state index contributed by atoms with van der Waals surface area (Å²) in [5.41, 5.74) is 1.78. The van der Waals surface area contributed by atoms with Crippen molar-refractivity contribution in [2.75, 3.05) is 6.54 Å². The molecule has 6 heteroatoms. The van der Waals surface area contributed by atoms with Gasteiger partial charge in [-0.2, -0.15) is 0 Å². The van der Waals surface area contributed by atoms with Gasteiger partial charge in [-0.25, -0.2) is 14.0 Å². The largest absolute Gasteiger partial charge is 0.480 e. The summed E-state index contributed by atoms with van der Waals surface area (Å²) in [6.07, 6.45) is 2.25. The van der Waals surface area contributed by atoms with Gasteiger partial charge in [0.1, 0.15) is 11.9 Å². The molecule has 1 aliphatic carbocycles. The van der Waals surface area contributed by atoms with Crippen molar-refractivity contribution >= 4 is 12.0 Å². The summed E-state index contributed by atoms with van der Waals surface area (Å²) in [5, 5.41) is 14.1. The Kier molecular flexibility index (Phi) is 4.77. The van der Waals surface area contributed by atoms with E-state index in [1.54, 1.807) is 6.07 Å². The van der Waals surface area contributed by atoms with Crippen LogP contribution in [-0.2, 0) is 11.2 Å². The maximum absolute atomic E-state index is 13.0. The van der Waals surface area contributed by atoms with Gasteiger partial charge in [0.25, 0.3) is 0 Å². The Bertz CT molecular complexity index is 544. The molecule has 0 radical (unpaired) electrons. The summed E-state index contributed by atoms with van der Waals surface area (Å²) in [6, 6.07) is 3.24. The first kappa shape index (κ1) is 15.3. The van der Waals surface area contributed by atoms with E-state index in [1.165, 1.54) is 12.1 Å². The highest BCUT2D eigenvalue weighted by Gasteiger charge is 2.37. The first-order valence-corrected chi connectivity index (χ1v) is 6.99. The number of carbonyl (C=O) groups is 2. The lowest BCUT2D eigenvalue weighted by atomic mass is 10.1. The van der Waals surface area contributed by atoms with Gasteiger partial charge in [0, 0.05) is 6.54 Å². The summed E-state index contributed by atoms with van der Waals surface area (Å²) in [4.78, 5) is 22.7. The van der Waals surface area contributed by atoms with Crippen LogP contribution in [0.4, 0.5) is 9.18 Å². The predicted molar refractivity (Wildman–Crippen MR) is 75.5 cm³/mol.